The summed E-state index contributed by atoms with van der Waals surface area (Å²) in [6.07, 6.45) is 3.00. The highest BCUT2D eigenvalue weighted by Gasteiger charge is 2.42. The molecule has 4 atom stereocenters. The smallest absolute Gasteiger partial charge is 0.127 e. The molecule has 6 rings (SSSR count). The summed E-state index contributed by atoms with van der Waals surface area (Å²) in [5.74, 6) is 3.30. The zero-order valence-corrected chi connectivity index (χ0v) is 32.2. The maximum absolute atomic E-state index is 7.77. The second-order valence-corrected chi connectivity index (χ2v) is 14.9. The molecule has 4 unspecified atom stereocenters. The van der Waals surface area contributed by atoms with E-state index in [1.807, 2.05) is 72.8 Å². The zero-order valence-electron chi connectivity index (χ0n) is 32.2. The third-order valence-corrected chi connectivity index (χ3v) is 11.2. The van der Waals surface area contributed by atoms with Gasteiger partial charge in [0.25, 0.3) is 0 Å². The first kappa shape index (κ1) is 37.6. The van der Waals surface area contributed by atoms with Crippen molar-refractivity contribution in [2.45, 2.75) is 90.3 Å². The Hall–Kier alpha value is -5.12. The minimum absolute atomic E-state index is 0.146. The van der Waals surface area contributed by atoms with Crippen LogP contribution in [0.15, 0.2) is 158 Å². The molecule has 0 heterocycles. The molecule has 0 aliphatic heterocycles. The molecule has 0 saturated heterocycles. The Bertz CT molecular complexity index is 1870. The van der Waals surface area contributed by atoms with E-state index in [9.17, 15) is 0 Å². The van der Waals surface area contributed by atoms with Gasteiger partial charge in [0, 0.05) is 10.8 Å². The van der Waals surface area contributed by atoms with E-state index in [-0.39, 0.29) is 23.0 Å². The molecule has 0 spiro atoms. The molecule has 0 amide bonds. The molecule has 6 aromatic carbocycles. The van der Waals surface area contributed by atoms with Gasteiger partial charge in [0.2, 0.25) is 0 Å². The van der Waals surface area contributed by atoms with Crippen molar-refractivity contribution >= 4 is 0 Å². The molecule has 0 N–H and O–H groups in total. The molecule has 0 radical (unpaired) electrons. The highest BCUT2D eigenvalue weighted by atomic mass is 16.5. The van der Waals surface area contributed by atoms with Crippen molar-refractivity contribution in [1.29, 1.82) is 0 Å². The van der Waals surface area contributed by atoms with Crippen LogP contribution >= 0.6 is 0 Å². The number of hydrogen-bond acceptors (Lipinski definition) is 3. The third-order valence-electron chi connectivity index (χ3n) is 11.2. The Balaban J connectivity index is 1.41. The van der Waals surface area contributed by atoms with Gasteiger partial charge < -0.3 is 14.2 Å². The molecule has 53 heavy (non-hydrogen) atoms. The first-order valence-corrected chi connectivity index (χ1v) is 19.1. The fraction of sp³-hybridized carbons (Fsp3) is 0.280. The first-order valence-electron chi connectivity index (χ1n) is 19.1. The summed E-state index contributed by atoms with van der Waals surface area (Å²) in [6.45, 7) is 13.7. The van der Waals surface area contributed by atoms with Crippen LogP contribution in [-0.4, -0.2) is 12.2 Å². The van der Waals surface area contributed by atoms with Crippen LogP contribution in [0.3, 0.4) is 0 Å². The lowest BCUT2D eigenvalue weighted by Gasteiger charge is -2.45. The topological polar surface area (TPSA) is 27.7 Å². The Morgan fingerprint density at radius 1 is 0.434 bits per heavy atom. The first-order chi connectivity index (χ1) is 25.7. The van der Waals surface area contributed by atoms with Gasteiger partial charge in [0.15, 0.2) is 0 Å². The monoisotopic (exact) mass is 702 g/mol. The van der Waals surface area contributed by atoms with Gasteiger partial charge in [-0.1, -0.05) is 148 Å². The largest absolute Gasteiger partial charge is 0.457 e. The van der Waals surface area contributed by atoms with Crippen LogP contribution < -0.4 is 9.47 Å². The Labute approximate surface area is 317 Å². The molecule has 3 nitrogen and oxygen atoms in total. The van der Waals surface area contributed by atoms with Gasteiger partial charge >= 0.3 is 0 Å². The van der Waals surface area contributed by atoms with Gasteiger partial charge in [0.1, 0.15) is 23.0 Å². The van der Waals surface area contributed by atoms with Crippen LogP contribution in [-0.2, 0) is 28.4 Å². The Kier molecular flexibility index (Phi) is 12.2. The van der Waals surface area contributed by atoms with E-state index < -0.39 is 0 Å². The lowest BCUT2D eigenvalue weighted by Crippen LogP contribution is -2.48. The lowest BCUT2D eigenvalue weighted by atomic mass is 9.71. The lowest BCUT2D eigenvalue weighted by molar-refractivity contribution is -0.0840. The van der Waals surface area contributed by atoms with Crippen LogP contribution in [0.2, 0.25) is 0 Å². The van der Waals surface area contributed by atoms with Crippen molar-refractivity contribution in [3.05, 3.63) is 191 Å². The van der Waals surface area contributed by atoms with E-state index >= 15 is 0 Å². The molecular weight excluding hydrogens is 649 g/mol. The predicted octanol–water partition coefficient (Wildman–Crippen LogP) is 13.2. The highest BCUT2D eigenvalue weighted by Crippen LogP contribution is 2.42. The average molecular weight is 703 g/mol. The molecule has 0 aliphatic carbocycles. The van der Waals surface area contributed by atoms with E-state index in [1.165, 1.54) is 33.4 Å². The van der Waals surface area contributed by atoms with E-state index in [0.717, 1.165) is 48.7 Å². The van der Waals surface area contributed by atoms with Gasteiger partial charge in [-0.15, -0.1) is 0 Å². The second kappa shape index (κ2) is 17.1. The zero-order chi connectivity index (χ0) is 37.3. The SMILES string of the molecule is CCC(C)(c1ccc(C)cc1)C(Cc1cccc(Oc2ccccc2)c1)OC(Cc1cccc(Oc2ccccc2)c1)C(C)(CC)c1ccc(C)cc1. The van der Waals surface area contributed by atoms with Crippen molar-refractivity contribution in [1.82, 2.24) is 0 Å². The number of ether oxygens (including phenoxy) is 3. The van der Waals surface area contributed by atoms with E-state index in [2.05, 4.69) is 126 Å². The van der Waals surface area contributed by atoms with Crippen molar-refractivity contribution in [2.24, 2.45) is 0 Å². The molecule has 0 saturated carbocycles. The number of hydrogen-bond donors (Lipinski definition) is 0. The maximum Gasteiger partial charge on any atom is 0.127 e. The Morgan fingerprint density at radius 3 is 1.15 bits per heavy atom. The summed E-state index contributed by atoms with van der Waals surface area (Å²) in [5, 5.41) is 0. The summed E-state index contributed by atoms with van der Waals surface area (Å²) in [7, 11) is 0. The molecule has 0 aliphatic rings. The minimum Gasteiger partial charge on any atom is -0.457 e. The fourth-order valence-corrected chi connectivity index (χ4v) is 7.30. The van der Waals surface area contributed by atoms with Gasteiger partial charge in [-0.25, -0.2) is 0 Å². The van der Waals surface area contributed by atoms with Crippen LogP contribution in [0.4, 0.5) is 0 Å². The molecule has 0 aromatic heterocycles. The van der Waals surface area contributed by atoms with E-state index in [4.69, 9.17) is 14.2 Å². The standard InChI is InChI=1S/C50H54O3/c1-7-49(5,41-29-25-37(3)26-30-41)47(35-39-17-15-23-45(33-39)51-43-19-11-9-12-20-43)53-48(50(6,8-2)42-31-27-38(4)28-32-42)36-40-18-16-24-46(34-40)52-44-21-13-10-14-22-44/h9-34,47-48H,7-8,35-36H2,1-6H3. The Morgan fingerprint density at radius 2 is 0.792 bits per heavy atom. The van der Waals surface area contributed by atoms with Crippen LogP contribution in [0, 0.1) is 13.8 Å². The number of rotatable bonds is 16. The summed E-state index contributed by atoms with van der Waals surface area (Å²) >= 11 is 0. The van der Waals surface area contributed by atoms with Crippen LogP contribution in [0.1, 0.15) is 73.9 Å². The molecule has 0 fully saturated rings. The molecular formula is C50H54O3. The quantitative estimate of drug-likeness (QED) is 0.100. The van der Waals surface area contributed by atoms with Gasteiger partial charge in [-0.2, -0.15) is 0 Å². The van der Waals surface area contributed by atoms with Gasteiger partial charge in [-0.3, -0.25) is 0 Å². The highest BCUT2D eigenvalue weighted by molar-refractivity contribution is 5.38. The van der Waals surface area contributed by atoms with Crippen molar-refractivity contribution in [3.8, 4) is 23.0 Å². The summed E-state index contributed by atoms with van der Waals surface area (Å²) < 4.78 is 20.4. The minimum atomic E-state index is -0.275. The van der Waals surface area contributed by atoms with Crippen LogP contribution in [0.25, 0.3) is 0 Å². The molecule has 272 valence electrons. The van der Waals surface area contributed by atoms with E-state index in [0.29, 0.717) is 0 Å². The summed E-state index contributed by atoms with van der Waals surface area (Å²) in [4.78, 5) is 0. The van der Waals surface area contributed by atoms with Crippen molar-refractivity contribution in [2.75, 3.05) is 0 Å². The van der Waals surface area contributed by atoms with Gasteiger partial charge in [0.05, 0.1) is 12.2 Å². The summed E-state index contributed by atoms with van der Waals surface area (Å²) in [5.41, 5.74) is 6.90. The molecule has 0 bridgehead atoms. The van der Waals surface area contributed by atoms with Crippen molar-refractivity contribution < 1.29 is 14.2 Å². The summed E-state index contributed by atoms with van der Waals surface area (Å²) in [6, 6.07) is 55.1. The number of benzene rings is 6. The molecule has 3 heteroatoms. The normalized spacial score (nSPS) is 14.8. The average Bonchev–Trinajstić information content (AvgIpc) is 3.18. The van der Waals surface area contributed by atoms with Gasteiger partial charge in [-0.05, 0) is 110 Å². The third kappa shape index (κ3) is 9.28. The fourth-order valence-electron chi connectivity index (χ4n) is 7.30. The number of aryl methyl sites for hydroxylation is 2. The second-order valence-electron chi connectivity index (χ2n) is 14.9. The van der Waals surface area contributed by atoms with Crippen molar-refractivity contribution in [3.63, 3.8) is 0 Å². The molecule has 6 aromatic rings. The van der Waals surface area contributed by atoms with Crippen LogP contribution in [0.5, 0.6) is 23.0 Å². The van der Waals surface area contributed by atoms with E-state index in [1.54, 1.807) is 0 Å². The predicted molar refractivity (Wildman–Crippen MR) is 220 cm³/mol. The maximum atomic E-state index is 7.77. The number of para-hydroxylation sites is 2.